The van der Waals surface area contributed by atoms with Crippen LogP contribution in [0.1, 0.15) is 38.5 Å². The van der Waals surface area contributed by atoms with E-state index in [4.69, 9.17) is 9.84 Å². The van der Waals surface area contributed by atoms with Crippen molar-refractivity contribution in [2.75, 3.05) is 26.8 Å². The Bertz CT molecular complexity index is 307. The van der Waals surface area contributed by atoms with Gasteiger partial charge in [-0.05, 0) is 12.8 Å². The number of ether oxygens (including phenoxy) is 1. The fourth-order valence-electron chi connectivity index (χ4n) is 1.50. The van der Waals surface area contributed by atoms with Gasteiger partial charge in [-0.25, -0.2) is 0 Å². The number of carboxylic acid groups (broad SMARTS) is 1. The van der Waals surface area contributed by atoms with Crippen molar-refractivity contribution in [3.8, 4) is 0 Å². The molecule has 0 bridgehead atoms. The largest absolute Gasteiger partial charge is 0.481 e. The summed E-state index contributed by atoms with van der Waals surface area (Å²) in [5.74, 6) is -1.21. The Labute approximate surface area is 119 Å². The zero-order valence-corrected chi connectivity index (χ0v) is 11.9. The number of hydrogen-bond donors (Lipinski definition) is 3. The van der Waals surface area contributed by atoms with Crippen LogP contribution in [0, 0.1) is 0 Å². The molecule has 0 unspecified atom stereocenters. The van der Waals surface area contributed by atoms with Gasteiger partial charge in [-0.15, -0.1) is 0 Å². The van der Waals surface area contributed by atoms with Gasteiger partial charge in [0.2, 0.25) is 11.8 Å². The van der Waals surface area contributed by atoms with Gasteiger partial charge in [0, 0.05) is 33.0 Å². The average molecular weight is 288 g/mol. The molecule has 0 saturated carbocycles. The van der Waals surface area contributed by atoms with Crippen molar-refractivity contribution in [3.05, 3.63) is 0 Å². The van der Waals surface area contributed by atoms with Gasteiger partial charge in [0.05, 0.1) is 13.0 Å². The van der Waals surface area contributed by atoms with Crippen LogP contribution in [0.2, 0.25) is 0 Å². The second kappa shape index (κ2) is 12.4. The number of unbranched alkanes of at least 4 members (excludes halogenated alkanes) is 2. The number of methoxy groups -OCH3 is 1. The molecule has 0 heterocycles. The summed E-state index contributed by atoms with van der Waals surface area (Å²) in [5.41, 5.74) is 0. The Kier molecular flexibility index (Phi) is 11.4. The highest BCUT2D eigenvalue weighted by atomic mass is 16.5. The first-order valence-corrected chi connectivity index (χ1v) is 6.80. The van der Waals surface area contributed by atoms with E-state index in [2.05, 4.69) is 10.6 Å². The molecule has 0 rings (SSSR count). The van der Waals surface area contributed by atoms with E-state index in [-0.39, 0.29) is 24.7 Å². The highest BCUT2D eigenvalue weighted by Crippen LogP contribution is 1.99. The molecule has 0 atom stereocenters. The Balaban J connectivity index is 3.33. The van der Waals surface area contributed by atoms with Crippen LogP contribution in [-0.4, -0.2) is 49.7 Å². The molecular weight excluding hydrogens is 264 g/mol. The van der Waals surface area contributed by atoms with Crippen molar-refractivity contribution in [1.82, 2.24) is 10.6 Å². The number of nitrogens with one attached hydrogen (secondary N) is 2. The number of hydrogen-bond acceptors (Lipinski definition) is 4. The minimum Gasteiger partial charge on any atom is -0.481 e. The van der Waals surface area contributed by atoms with Gasteiger partial charge in [0.25, 0.3) is 0 Å². The molecule has 7 heteroatoms. The molecule has 3 N–H and O–H groups in total. The predicted octanol–water partition coefficient (Wildman–Crippen LogP) is 0.290. The van der Waals surface area contributed by atoms with Crippen LogP contribution >= 0.6 is 0 Å². The lowest BCUT2D eigenvalue weighted by molar-refractivity contribution is -0.138. The van der Waals surface area contributed by atoms with E-state index < -0.39 is 5.97 Å². The summed E-state index contributed by atoms with van der Waals surface area (Å²) in [7, 11) is 1.58. The van der Waals surface area contributed by atoms with Crippen LogP contribution in [0.5, 0.6) is 0 Å². The highest BCUT2D eigenvalue weighted by Gasteiger charge is 2.04. The number of aliphatic carboxylic acids is 1. The van der Waals surface area contributed by atoms with Crippen LogP contribution in [0.3, 0.4) is 0 Å². The van der Waals surface area contributed by atoms with Crippen LogP contribution in [-0.2, 0) is 19.1 Å². The molecule has 0 fully saturated rings. The van der Waals surface area contributed by atoms with Gasteiger partial charge in [-0.1, -0.05) is 6.42 Å². The highest BCUT2D eigenvalue weighted by molar-refractivity contribution is 5.80. The van der Waals surface area contributed by atoms with E-state index in [9.17, 15) is 14.4 Å². The first kappa shape index (κ1) is 18.4. The maximum atomic E-state index is 11.3. The normalized spacial score (nSPS) is 10.1. The molecule has 116 valence electrons. The van der Waals surface area contributed by atoms with E-state index >= 15 is 0 Å². The molecule has 7 nitrogen and oxygen atoms in total. The smallest absolute Gasteiger partial charge is 0.303 e. The molecule has 0 spiro atoms. The molecule has 0 saturated heterocycles. The Hall–Kier alpha value is -1.63. The maximum absolute atomic E-state index is 11.3. The second-order valence-electron chi connectivity index (χ2n) is 4.40. The molecular formula is C13H24N2O5. The first-order valence-electron chi connectivity index (χ1n) is 6.80. The van der Waals surface area contributed by atoms with Gasteiger partial charge < -0.3 is 20.5 Å². The van der Waals surface area contributed by atoms with Crippen molar-refractivity contribution < 1.29 is 24.2 Å². The standard InChI is InChI=1S/C13H24N2O5/c1-20-10-9-15-11(16)5-3-2-4-8-14-12(17)6-7-13(18)19/h2-10H2,1H3,(H,14,17)(H,15,16)(H,18,19). The summed E-state index contributed by atoms with van der Waals surface area (Å²) in [6.07, 6.45) is 2.73. The summed E-state index contributed by atoms with van der Waals surface area (Å²) in [6, 6.07) is 0. The van der Waals surface area contributed by atoms with Gasteiger partial charge in [-0.3, -0.25) is 14.4 Å². The van der Waals surface area contributed by atoms with Gasteiger partial charge >= 0.3 is 5.97 Å². The molecule has 0 aliphatic heterocycles. The number of carboxylic acids is 1. The maximum Gasteiger partial charge on any atom is 0.303 e. The number of amides is 2. The van der Waals surface area contributed by atoms with E-state index in [1.165, 1.54) is 0 Å². The Morgan fingerprint density at radius 1 is 0.900 bits per heavy atom. The third-order valence-electron chi connectivity index (χ3n) is 2.60. The summed E-state index contributed by atoms with van der Waals surface area (Å²) in [6.45, 7) is 1.55. The van der Waals surface area contributed by atoms with Crippen LogP contribution in [0.25, 0.3) is 0 Å². The number of rotatable bonds is 12. The Morgan fingerprint density at radius 3 is 2.20 bits per heavy atom. The third kappa shape index (κ3) is 12.8. The fourth-order valence-corrected chi connectivity index (χ4v) is 1.50. The first-order chi connectivity index (χ1) is 9.56. The summed E-state index contributed by atoms with van der Waals surface area (Å²) in [4.78, 5) is 32.8. The quantitative estimate of drug-likeness (QED) is 0.448. The van der Waals surface area contributed by atoms with Gasteiger partial charge in [-0.2, -0.15) is 0 Å². The number of carbonyl (C=O) groups excluding carboxylic acids is 2. The van der Waals surface area contributed by atoms with Crippen molar-refractivity contribution in [3.63, 3.8) is 0 Å². The van der Waals surface area contributed by atoms with Crippen molar-refractivity contribution in [1.29, 1.82) is 0 Å². The molecule has 2 amide bonds. The zero-order chi connectivity index (χ0) is 15.2. The summed E-state index contributed by atoms with van der Waals surface area (Å²) >= 11 is 0. The Morgan fingerprint density at radius 2 is 1.55 bits per heavy atom. The fraction of sp³-hybridized carbons (Fsp3) is 0.769. The van der Waals surface area contributed by atoms with E-state index in [0.717, 1.165) is 19.3 Å². The van der Waals surface area contributed by atoms with Crippen LogP contribution in [0.4, 0.5) is 0 Å². The lowest BCUT2D eigenvalue weighted by Gasteiger charge is -2.05. The van der Waals surface area contributed by atoms with Crippen molar-refractivity contribution >= 4 is 17.8 Å². The summed E-state index contributed by atoms with van der Waals surface area (Å²) in [5, 5.41) is 13.8. The molecule has 0 aliphatic rings. The van der Waals surface area contributed by atoms with Crippen molar-refractivity contribution in [2.24, 2.45) is 0 Å². The van der Waals surface area contributed by atoms with E-state index in [0.29, 0.717) is 26.1 Å². The topological polar surface area (TPSA) is 105 Å². The third-order valence-corrected chi connectivity index (χ3v) is 2.60. The van der Waals surface area contributed by atoms with Crippen LogP contribution < -0.4 is 10.6 Å². The second-order valence-corrected chi connectivity index (χ2v) is 4.40. The summed E-state index contributed by atoms with van der Waals surface area (Å²) < 4.78 is 4.82. The minimum atomic E-state index is -0.973. The van der Waals surface area contributed by atoms with Gasteiger partial charge in [0.15, 0.2) is 0 Å². The average Bonchev–Trinajstić information content (AvgIpc) is 2.40. The lowest BCUT2D eigenvalue weighted by Crippen LogP contribution is -2.27. The predicted molar refractivity (Wildman–Crippen MR) is 73.2 cm³/mol. The molecule has 0 aromatic heterocycles. The molecule has 0 aromatic rings. The lowest BCUT2D eigenvalue weighted by atomic mass is 10.2. The number of carbonyl (C=O) groups is 3. The van der Waals surface area contributed by atoms with Crippen LogP contribution in [0.15, 0.2) is 0 Å². The minimum absolute atomic E-state index is 0.00698. The van der Waals surface area contributed by atoms with Crippen molar-refractivity contribution in [2.45, 2.75) is 38.5 Å². The van der Waals surface area contributed by atoms with Gasteiger partial charge in [0.1, 0.15) is 0 Å². The molecule has 20 heavy (non-hydrogen) atoms. The molecule has 0 aliphatic carbocycles. The van der Waals surface area contributed by atoms with E-state index in [1.54, 1.807) is 7.11 Å². The molecule has 0 radical (unpaired) electrons. The van der Waals surface area contributed by atoms with E-state index in [1.807, 2.05) is 0 Å². The SMILES string of the molecule is COCCNC(=O)CCCCCNC(=O)CCC(=O)O. The molecule has 0 aromatic carbocycles. The zero-order valence-electron chi connectivity index (χ0n) is 11.9. The monoisotopic (exact) mass is 288 g/mol.